The van der Waals surface area contributed by atoms with Crippen LogP contribution < -0.4 is 14.8 Å². The van der Waals surface area contributed by atoms with Crippen molar-refractivity contribution >= 4 is 11.8 Å². The number of aliphatic hydroxyl groups is 1. The molecule has 35 heavy (non-hydrogen) atoms. The van der Waals surface area contributed by atoms with Crippen molar-refractivity contribution in [2.45, 2.75) is 12.6 Å². The molecule has 0 bridgehead atoms. The van der Waals surface area contributed by atoms with E-state index in [4.69, 9.17) is 9.47 Å². The summed E-state index contributed by atoms with van der Waals surface area (Å²) < 4.78 is 78.5. The van der Waals surface area contributed by atoms with Crippen LogP contribution >= 0.6 is 0 Å². The maximum absolute atomic E-state index is 13.9. The molecule has 0 aromatic heterocycles. The van der Waals surface area contributed by atoms with Gasteiger partial charge in [0, 0.05) is 32.7 Å². The summed E-state index contributed by atoms with van der Waals surface area (Å²) >= 11 is 0. The van der Waals surface area contributed by atoms with Crippen LogP contribution in [0.1, 0.15) is 15.9 Å². The molecule has 2 aromatic carbocycles. The second-order valence-electron chi connectivity index (χ2n) is 7.94. The Labute approximate surface area is 195 Å². The molecule has 8 nitrogen and oxygen atoms in total. The predicted octanol–water partition coefficient (Wildman–Crippen LogP) is 1.55. The lowest BCUT2D eigenvalue weighted by atomic mass is 10.1. The molecular weight excluding hydrogens is 481 g/mol. The van der Waals surface area contributed by atoms with Crippen molar-refractivity contribution in [2.24, 2.45) is 0 Å². The van der Waals surface area contributed by atoms with Crippen LogP contribution in [0.3, 0.4) is 0 Å². The molecule has 0 spiro atoms. The first-order valence-electron chi connectivity index (χ1n) is 10.5. The van der Waals surface area contributed by atoms with E-state index >= 15 is 0 Å². The number of piperazine rings is 1. The average molecular weight is 501 g/mol. The molecule has 2 aliphatic heterocycles. The number of fused-ring (bicyclic) bond motifs is 1. The van der Waals surface area contributed by atoms with Gasteiger partial charge in [-0.05, 0) is 17.7 Å². The normalized spacial score (nSPS) is 16.3. The zero-order valence-corrected chi connectivity index (χ0v) is 18.1. The lowest BCUT2D eigenvalue weighted by Gasteiger charge is -2.36. The molecule has 1 saturated heterocycles. The van der Waals surface area contributed by atoms with Crippen LogP contribution in [0.15, 0.2) is 18.2 Å². The van der Waals surface area contributed by atoms with E-state index in [1.807, 2.05) is 17.4 Å². The van der Waals surface area contributed by atoms with Gasteiger partial charge in [-0.2, -0.15) is 0 Å². The Hall–Kier alpha value is -3.45. The van der Waals surface area contributed by atoms with Gasteiger partial charge >= 0.3 is 0 Å². The Morgan fingerprint density at radius 3 is 2.14 bits per heavy atom. The maximum Gasteiger partial charge on any atom is 0.258 e. The summed E-state index contributed by atoms with van der Waals surface area (Å²) in [7, 11) is 0. The van der Waals surface area contributed by atoms with E-state index in [0.29, 0.717) is 31.1 Å². The van der Waals surface area contributed by atoms with Crippen LogP contribution in [0.4, 0.5) is 22.0 Å². The van der Waals surface area contributed by atoms with Gasteiger partial charge < -0.3 is 24.8 Å². The molecule has 2 heterocycles. The number of carbonyl (C=O) groups is 2. The van der Waals surface area contributed by atoms with Crippen LogP contribution in [0.25, 0.3) is 0 Å². The minimum absolute atomic E-state index is 0.159. The van der Waals surface area contributed by atoms with Crippen molar-refractivity contribution in [1.82, 2.24) is 15.1 Å². The van der Waals surface area contributed by atoms with Crippen LogP contribution in [-0.2, 0) is 11.3 Å². The van der Waals surface area contributed by atoms with Gasteiger partial charge in [-0.15, -0.1) is 0 Å². The summed E-state index contributed by atoms with van der Waals surface area (Å²) in [5, 5.41) is 11.4. The fourth-order valence-electron chi connectivity index (χ4n) is 3.86. The van der Waals surface area contributed by atoms with E-state index in [2.05, 4.69) is 4.90 Å². The summed E-state index contributed by atoms with van der Waals surface area (Å²) in [6, 6.07) is 3.91. The number of halogens is 5. The molecule has 0 saturated carbocycles. The Bertz CT molecular complexity index is 1130. The zero-order valence-electron chi connectivity index (χ0n) is 18.1. The first kappa shape index (κ1) is 24.7. The quantitative estimate of drug-likeness (QED) is 0.355. The molecule has 13 heteroatoms. The van der Waals surface area contributed by atoms with E-state index in [-0.39, 0.29) is 19.9 Å². The van der Waals surface area contributed by atoms with Crippen molar-refractivity contribution < 1.29 is 46.1 Å². The lowest BCUT2D eigenvalue weighted by Crippen LogP contribution is -2.56. The van der Waals surface area contributed by atoms with Crippen LogP contribution in [-0.4, -0.2) is 72.3 Å². The van der Waals surface area contributed by atoms with E-state index in [9.17, 15) is 36.6 Å². The number of nitrogens with one attached hydrogen (secondary N) is 1. The summed E-state index contributed by atoms with van der Waals surface area (Å²) in [6.45, 7) is 1.12. The molecule has 1 fully saturated rings. The number of benzene rings is 2. The topological polar surface area (TPSA) is 91.3 Å². The van der Waals surface area contributed by atoms with Gasteiger partial charge in [0.25, 0.3) is 5.91 Å². The Morgan fingerprint density at radius 2 is 1.51 bits per heavy atom. The summed E-state index contributed by atoms with van der Waals surface area (Å²) in [5.41, 5.74) is -0.765. The third-order valence-corrected chi connectivity index (χ3v) is 5.75. The number of nitrogens with zero attached hydrogens (tertiary/aromatic N) is 2. The molecular formula is C22H20F5N3O5. The van der Waals surface area contributed by atoms with Crippen molar-refractivity contribution in [3.05, 3.63) is 58.4 Å². The number of amides is 2. The van der Waals surface area contributed by atoms with Crippen LogP contribution in [0.2, 0.25) is 0 Å². The van der Waals surface area contributed by atoms with Gasteiger partial charge in [-0.1, -0.05) is 6.07 Å². The first-order chi connectivity index (χ1) is 16.7. The molecule has 0 radical (unpaired) electrons. The number of rotatable bonds is 6. The van der Waals surface area contributed by atoms with Gasteiger partial charge in [0.05, 0.1) is 6.61 Å². The molecule has 0 unspecified atom stereocenters. The Kier molecular flexibility index (Phi) is 7.08. The number of aliphatic hydroxyl groups excluding tert-OH is 1. The summed E-state index contributed by atoms with van der Waals surface area (Å²) in [4.78, 5) is 28.4. The molecule has 1 atom stereocenters. The van der Waals surface area contributed by atoms with Gasteiger partial charge in [-0.25, -0.2) is 22.0 Å². The van der Waals surface area contributed by atoms with Crippen molar-refractivity contribution in [3.8, 4) is 11.5 Å². The predicted molar refractivity (Wildman–Crippen MR) is 109 cm³/mol. The highest BCUT2D eigenvalue weighted by Crippen LogP contribution is 2.33. The molecule has 2 aromatic rings. The molecule has 0 aliphatic carbocycles. The van der Waals surface area contributed by atoms with Crippen molar-refractivity contribution in [1.29, 1.82) is 0 Å². The summed E-state index contributed by atoms with van der Waals surface area (Å²) in [6.07, 6.45) is 0. The Balaban J connectivity index is 1.36. The monoisotopic (exact) mass is 501 g/mol. The number of hydrogen-bond acceptors (Lipinski definition) is 6. The van der Waals surface area contributed by atoms with Gasteiger partial charge in [-0.3, -0.25) is 14.5 Å². The van der Waals surface area contributed by atoms with Gasteiger partial charge in [0.1, 0.15) is 11.6 Å². The van der Waals surface area contributed by atoms with Crippen LogP contribution in [0, 0.1) is 29.1 Å². The number of hydrogen-bond donors (Lipinski definition) is 2. The third kappa shape index (κ3) is 4.86. The van der Waals surface area contributed by atoms with Crippen molar-refractivity contribution in [3.63, 3.8) is 0 Å². The van der Waals surface area contributed by atoms with Crippen LogP contribution in [0.5, 0.6) is 11.5 Å². The lowest BCUT2D eigenvalue weighted by molar-refractivity contribution is -0.136. The summed E-state index contributed by atoms with van der Waals surface area (Å²) in [5.74, 6) is -12.8. The van der Waals surface area contributed by atoms with E-state index < -0.39 is 59.1 Å². The fraction of sp³-hybridized carbons (Fsp3) is 0.364. The van der Waals surface area contributed by atoms with Gasteiger partial charge in [0.15, 0.2) is 34.8 Å². The highest BCUT2D eigenvalue weighted by atomic mass is 19.2. The second kappa shape index (κ2) is 10.0. The van der Waals surface area contributed by atoms with E-state index in [0.717, 1.165) is 5.56 Å². The molecule has 2 N–H and O–H groups in total. The van der Waals surface area contributed by atoms with E-state index in [1.165, 1.54) is 4.90 Å². The highest BCUT2D eigenvalue weighted by Gasteiger charge is 2.33. The highest BCUT2D eigenvalue weighted by molar-refractivity contribution is 5.98. The zero-order chi connectivity index (χ0) is 25.3. The number of ether oxygens (including phenoxy) is 2. The third-order valence-electron chi connectivity index (χ3n) is 5.75. The first-order valence-corrected chi connectivity index (χ1v) is 10.5. The smallest absolute Gasteiger partial charge is 0.258 e. The molecule has 4 rings (SSSR count). The fourth-order valence-corrected chi connectivity index (χ4v) is 3.86. The molecule has 2 aliphatic rings. The Morgan fingerprint density at radius 1 is 0.914 bits per heavy atom. The van der Waals surface area contributed by atoms with E-state index in [1.54, 1.807) is 6.07 Å². The SMILES string of the molecule is O=C(N[C@@H](CO)C(=O)N1CCN(Cc2ccc3c(c2)OCO3)CC1)c1c(F)c(F)c(F)c(F)c1F. The van der Waals surface area contributed by atoms with Gasteiger partial charge in [0.2, 0.25) is 18.5 Å². The minimum Gasteiger partial charge on any atom is -0.454 e. The average Bonchev–Trinajstić information content (AvgIpc) is 3.33. The molecule has 188 valence electrons. The maximum atomic E-state index is 13.9. The van der Waals surface area contributed by atoms with Crippen molar-refractivity contribution in [2.75, 3.05) is 39.6 Å². The number of carbonyl (C=O) groups excluding carboxylic acids is 2. The largest absolute Gasteiger partial charge is 0.454 e. The second-order valence-corrected chi connectivity index (χ2v) is 7.94. The standard InChI is InChI=1S/C22H20F5N3O5/c23-16-15(17(24)19(26)20(27)18(16)25)21(32)28-12(9-31)22(33)30-5-3-29(4-6-30)8-11-1-2-13-14(7-11)35-10-34-13/h1-2,7,12,31H,3-6,8-10H2,(H,28,32)/t12-/m0/s1. The minimum atomic E-state index is -2.41. The molecule has 2 amide bonds.